The van der Waals surface area contributed by atoms with E-state index in [-0.39, 0.29) is 17.2 Å². The van der Waals surface area contributed by atoms with Crippen LogP contribution in [0.1, 0.15) is 10.4 Å². The highest BCUT2D eigenvalue weighted by molar-refractivity contribution is 5.94. The van der Waals surface area contributed by atoms with Gasteiger partial charge in [-0.3, -0.25) is 4.79 Å². The molecule has 5 nitrogen and oxygen atoms in total. The molecule has 106 valence electrons. The summed E-state index contributed by atoms with van der Waals surface area (Å²) in [5, 5.41) is 2.72. The molecule has 0 aliphatic heterocycles. The Labute approximate surface area is 112 Å². The molecule has 0 aliphatic carbocycles. The summed E-state index contributed by atoms with van der Waals surface area (Å²) in [6.07, 6.45) is 0. The van der Waals surface area contributed by atoms with Gasteiger partial charge in [0.15, 0.2) is 0 Å². The Kier molecular flexibility index (Phi) is 6.24. The van der Waals surface area contributed by atoms with Crippen molar-refractivity contribution in [3.05, 3.63) is 29.6 Å². The Hall–Kier alpha value is -1.66. The predicted octanol–water partition coefficient (Wildman–Crippen LogP) is 0.716. The first-order valence-electron chi connectivity index (χ1n) is 6.05. The van der Waals surface area contributed by atoms with Crippen LogP contribution in [0.2, 0.25) is 0 Å². The largest absolute Gasteiger partial charge is 0.396 e. The van der Waals surface area contributed by atoms with Gasteiger partial charge in [-0.15, -0.1) is 0 Å². The summed E-state index contributed by atoms with van der Waals surface area (Å²) in [4.78, 5) is 13.8. The van der Waals surface area contributed by atoms with E-state index in [2.05, 4.69) is 5.32 Å². The maximum absolute atomic E-state index is 13.2. The summed E-state index contributed by atoms with van der Waals surface area (Å²) in [7, 11) is 3.58. The molecule has 6 heteroatoms. The summed E-state index contributed by atoms with van der Waals surface area (Å²) in [5.41, 5.74) is 5.66. The Balaban J connectivity index is 2.37. The third-order valence-corrected chi connectivity index (χ3v) is 2.72. The molecular formula is C13H20FN3O2. The molecule has 0 unspecified atom stereocenters. The molecule has 1 aromatic rings. The molecule has 0 bridgehead atoms. The molecule has 0 aromatic heterocycles. The van der Waals surface area contributed by atoms with Crippen molar-refractivity contribution in [2.75, 3.05) is 46.1 Å². The van der Waals surface area contributed by atoms with Crippen LogP contribution in [0.4, 0.5) is 10.1 Å². The zero-order valence-corrected chi connectivity index (χ0v) is 11.3. The van der Waals surface area contributed by atoms with Crippen molar-refractivity contribution in [1.82, 2.24) is 10.2 Å². The van der Waals surface area contributed by atoms with Gasteiger partial charge in [-0.2, -0.15) is 0 Å². The molecule has 0 saturated carbocycles. The van der Waals surface area contributed by atoms with E-state index in [0.717, 1.165) is 12.6 Å². The third-order valence-electron chi connectivity index (χ3n) is 2.72. The van der Waals surface area contributed by atoms with Gasteiger partial charge in [0.2, 0.25) is 0 Å². The topological polar surface area (TPSA) is 67.6 Å². The van der Waals surface area contributed by atoms with Gasteiger partial charge in [0, 0.05) is 32.3 Å². The number of benzene rings is 1. The van der Waals surface area contributed by atoms with E-state index in [0.29, 0.717) is 19.7 Å². The van der Waals surface area contributed by atoms with E-state index in [4.69, 9.17) is 10.5 Å². The molecule has 0 atom stereocenters. The van der Waals surface area contributed by atoms with Gasteiger partial charge >= 0.3 is 0 Å². The maximum Gasteiger partial charge on any atom is 0.251 e. The molecule has 3 N–H and O–H groups in total. The van der Waals surface area contributed by atoms with Crippen LogP contribution < -0.4 is 11.1 Å². The zero-order valence-electron chi connectivity index (χ0n) is 11.3. The number of hydrogen-bond acceptors (Lipinski definition) is 4. The molecule has 0 saturated heterocycles. The molecule has 1 rings (SSSR count). The summed E-state index contributed by atoms with van der Waals surface area (Å²) in [5.74, 6) is -0.885. The number of carbonyl (C=O) groups is 1. The number of nitrogen functional groups attached to an aromatic ring is 1. The van der Waals surface area contributed by atoms with Gasteiger partial charge in [-0.1, -0.05) is 0 Å². The third kappa shape index (κ3) is 5.23. The molecule has 0 aliphatic rings. The lowest BCUT2D eigenvalue weighted by Gasteiger charge is -2.16. The molecule has 0 spiro atoms. The van der Waals surface area contributed by atoms with E-state index in [1.54, 1.807) is 7.11 Å². The van der Waals surface area contributed by atoms with Gasteiger partial charge < -0.3 is 20.7 Å². The number of methoxy groups -OCH3 is 1. The van der Waals surface area contributed by atoms with Gasteiger partial charge in [0.1, 0.15) is 5.82 Å². The second-order valence-corrected chi connectivity index (χ2v) is 4.29. The number of amides is 1. The number of nitrogens with one attached hydrogen (secondary N) is 1. The van der Waals surface area contributed by atoms with Crippen LogP contribution in [0, 0.1) is 5.82 Å². The summed E-state index contributed by atoms with van der Waals surface area (Å²) >= 11 is 0. The highest BCUT2D eigenvalue weighted by atomic mass is 19.1. The quantitative estimate of drug-likeness (QED) is 0.716. The fraction of sp³-hybridized carbons (Fsp3) is 0.462. The molecule has 1 aromatic carbocycles. The summed E-state index contributed by atoms with van der Waals surface area (Å²) < 4.78 is 18.2. The minimum atomic E-state index is -0.579. The minimum absolute atomic E-state index is 0.0378. The molecule has 0 heterocycles. The number of rotatable bonds is 7. The number of likely N-dealkylation sites (N-methyl/N-ethyl adjacent to an activating group) is 1. The van der Waals surface area contributed by atoms with E-state index in [1.165, 1.54) is 12.1 Å². The number of halogens is 1. The Morgan fingerprint density at radius 1 is 1.47 bits per heavy atom. The normalized spacial score (nSPS) is 10.7. The van der Waals surface area contributed by atoms with Crippen LogP contribution in [0.5, 0.6) is 0 Å². The highest BCUT2D eigenvalue weighted by Gasteiger charge is 2.08. The SMILES string of the molecule is COCCN(C)CCNC(=O)c1ccc(N)c(F)c1. The Morgan fingerprint density at radius 3 is 2.84 bits per heavy atom. The maximum atomic E-state index is 13.2. The van der Waals surface area contributed by atoms with Gasteiger partial charge in [-0.25, -0.2) is 4.39 Å². The van der Waals surface area contributed by atoms with Crippen LogP contribution >= 0.6 is 0 Å². The first-order valence-corrected chi connectivity index (χ1v) is 6.05. The first-order chi connectivity index (χ1) is 9.04. The number of nitrogens with zero attached hydrogens (tertiary/aromatic N) is 1. The van der Waals surface area contributed by atoms with Crippen molar-refractivity contribution >= 4 is 11.6 Å². The van der Waals surface area contributed by atoms with Crippen molar-refractivity contribution in [3.63, 3.8) is 0 Å². The lowest BCUT2D eigenvalue weighted by atomic mass is 10.2. The molecule has 1 amide bonds. The van der Waals surface area contributed by atoms with Gasteiger partial charge in [-0.05, 0) is 25.2 Å². The van der Waals surface area contributed by atoms with Gasteiger partial charge in [0.25, 0.3) is 5.91 Å². The molecule has 0 radical (unpaired) electrons. The highest BCUT2D eigenvalue weighted by Crippen LogP contribution is 2.11. The molecular weight excluding hydrogens is 249 g/mol. The Morgan fingerprint density at radius 2 is 2.21 bits per heavy atom. The fourth-order valence-corrected chi connectivity index (χ4v) is 1.49. The van der Waals surface area contributed by atoms with Crippen molar-refractivity contribution in [1.29, 1.82) is 0 Å². The van der Waals surface area contributed by atoms with E-state index < -0.39 is 5.82 Å². The number of nitrogens with two attached hydrogens (primary N) is 1. The average molecular weight is 269 g/mol. The van der Waals surface area contributed by atoms with Crippen LogP contribution in [0.25, 0.3) is 0 Å². The fourth-order valence-electron chi connectivity index (χ4n) is 1.49. The van der Waals surface area contributed by atoms with Crippen LogP contribution in [-0.4, -0.2) is 51.2 Å². The molecule has 19 heavy (non-hydrogen) atoms. The van der Waals surface area contributed by atoms with Crippen LogP contribution in [0.3, 0.4) is 0 Å². The standard InChI is InChI=1S/C13H20FN3O2/c1-17(7-8-19-2)6-5-16-13(18)10-3-4-12(15)11(14)9-10/h3-4,9H,5-8,15H2,1-2H3,(H,16,18). The van der Waals surface area contributed by atoms with Gasteiger partial charge in [0.05, 0.1) is 12.3 Å². The smallest absolute Gasteiger partial charge is 0.251 e. The van der Waals surface area contributed by atoms with Crippen molar-refractivity contribution in [2.45, 2.75) is 0 Å². The lowest BCUT2D eigenvalue weighted by molar-refractivity contribution is 0.0947. The first kappa shape index (κ1) is 15.4. The molecule has 0 fully saturated rings. The van der Waals surface area contributed by atoms with E-state index in [1.807, 2.05) is 11.9 Å². The van der Waals surface area contributed by atoms with Crippen molar-refractivity contribution in [2.24, 2.45) is 0 Å². The second-order valence-electron chi connectivity index (χ2n) is 4.29. The van der Waals surface area contributed by atoms with Crippen molar-refractivity contribution in [3.8, 4) is 0 Å². The summed E-state index contributed by atoms with van der Waals surface area (Å²) in [6.45, 7) is 2.63. The number of hydrogen-bond donors (Lipinski definition) is 2. The lowest BCUT2D eigenvalue weighted by Crippen LogP contribution is -2.34. The number of ether oxygens (including phenoxy) is 1. The van der Waals surface area contributed by atoms with Crippen LogP contribution in [-0.2, 0) is 4.74 Å². The average Bonchev–Trinajstić information content (AvgIpc) is 2.39. The number of carbonyl (C=O) groups excluding carboxylic acids is 1. The second kappa shape index (κ2) is 7.70. The predicted molar refractivity (Wildman–Crippen MR) is 72.5 cm³/mol. The zero-order chi connectivity index (χ0) is 14.3. The minimum Gasteiger partial charge on any atom is -0.396 e. The van der Waals surface area contributed by atoms with Crippen LogP contribution in [0.15, 0.2) is 18.2 Å². The number of anilines is 1. The van der Waals surface area contributed by atoms with E-state index >= 15 is 0 Å². The van der Waals surface area contributed by atoms with E-state index in [9.17, 15) is 9.18 Å². The van der Waals surface area contributed by atoms with Crippen molar-refractivity contribution < 1.29 is 13.9 Å². The Bertz CT molecular complexity index is 426. The monoisotopic (exact) mass is 269 g/mol. The summed E-state index contributed by atoms with van der Waals surface area (Å²) in [6, 6.07) is 4.02.